The van der Waals surface area contributed by atoms with Crippen molar-refractivity contribution in [1.82, 2.24) is 15.2 Å². The average molecular weight is 302 g/mol. The molecular formula is C15H18N4OS. The summed E-state index contributed by atoms with van der Waals surface area (Å²) in [6.45, 7) is 3.30. The number of thiophene rings is 1. The number of pyridine rings is 1. The summed E-state index contributed by atoms with van der Waals surface area (Å²) in [5.41, 5.74) is 0.518. The van der Waals surface area contributed by atoms with E-state index in [1.54, 1.807) is 17.5 Å². The fourth-order valence-corrected chi connectivity index (χ4v) is 4.30. The molecule has 2 fully saturated rings. The van der Waals surface area contributed by atoms with Crippen molar-refractivity contribution < 1.29 is 4.79 Å². The standard InChI is InChI=1S/C15H18N4OS/c1-16-14-4-10-6-17-11(5-13(10)21-14)15(20)18-12-8-19-3-2-9(12)7-19/h4-6,9,12,16H,2-3,7-8H2,1H3,(H,18,20)/t9-,12?/m0/s1. The van der Waals surface area contributed by atoms with Gasteiger partial charge in [0.25, 0.3) is 5.91 Å². The van der Waals surface area contributed by atoms with Gasteiger partial charge in [-0.3, -0.25) is 9.78 Å². The summed E-state index contributed by atoms with van der Waals surface area (Å²) in [6, 6.07) is 4.24. The second-order valence-electron chi connectivity index (χ2n) is 5.86. The molecule has 0 spiro atoms. The molecule has 4 heterocycles. The topological polar surface area (TPSA) is 57.3 Å². The van der Waals surface area contributed by atoms with Crippen LogP contribution < -0.4 is 10.6 Å². The van der Waals surface area contributed by atoms with E-state index in [2.05, 4.69) is 26.6 Å². The van der Waals surface area contributed by atoms with Crippen molar-refractivity contribution in [2.45, 2.75) is 12.5 Å². The van der Waals surface area contributed by atoms with E-state index in [1.807, 2.05) is 13.1 Å². The van der Waals surface area contributed by atoms with Crippen LogP contribution in [0.2, 0.25) is 0 Å². The smallest absolute Gasteiger partial charge is 0.270 e. The fourth-order valence-electron chi connectivity index (χ4n) is 3.37. The molecule has 0 saturated carbocycles. The molecule has 6 heteroatoms. The van der Waals surface area contributed by atoms with Crippen LogP contribution in [0.3, 0.4) is 0 Å². The molecule has 0 aliphatic carbocycles. The molecule has 2 N–H and O–H groups in total. The predicted molar refractivity (Wildman–Crippen MR) is 85.0 cm³/mol. The number of carbonyl (C=O) groups excluding carboxylic acids is 1. The Kier molecular flexibility index (Phi) is 3.08. The molecule has 2 unspecified atom stereocenters. The summed E-state index contributed by atoms with van der Waals surface area (Å²) in [4.78, 5) is 19.1. The van der Waals surface area contributed by atoms with Crippen molar-refractivity contribution in [3.05, 3.63) is 24.0 Å². The lowest BCUT2D eigenvalue weighted by Gasteiger charge is -2.22. The zero-order valence-corrected chi connectivity index (χ0v) is 12.7. The van der Waals surface area contributed by atoms with Crippen LogP contribution in [-0.4, -0.2) is 48.5 Å². The van der Waals surface area contributed by atoms with Crippen molar-refractivity contribution in [1.29, 1.82) is 0 Å². The van der Waals surface area contributed by atoms with Crippen LogP contribution in [0.4, 0.5) is 5.00 Å². The number of nitrogens with one attached hydrogen (secondary N) is 2. The molecule has 2 aromatic heterocycles. The third-order valence-electron chi connectivity index (χ3n) is 4.53. The summed E-state index contributed by atoms with van der Waals surface area (Å²) in [5, 5.41) is 8.45. The highest BCUT2D eigenvalue weighted by atomic mass is 32.1. The van der Waals surface area contributed by atoms with E-state index in [-0.39, 0.29) is 5.91 Å². The van der Waals surface area contributed by atoms with Gasteiger partial charge in [0, 0.05) is 42.5 Å². The largest absolute Gasteiger partial charge is 0.380 e. The van der Waals surface area contributed by atoms with Gasteiger partial charge in [0.1, 0.15) is 5.69 Å². The van der Waals surface area contributed by atoms with Crippen LogP contribution in [0.5, 0.6) is 0 Å². The number of hydrogen-bond donors (Lipinski definition) is 2. The summed E-state index contributed by atoms with van der Waals surface area (Å²) in [7, 11) is 1.90. The molecule has 2 saturated heterocycles. The maximum atomic E-state index is 12.4. The Balaban J connectivity index is 1.53. The number of carbonyl (C=O) groups is 1. The first-order valence-electron chi connectivity index (χ1n) is 7.33. The van der Waals surface area contributed by atoms with E-state index in [4.69, 9.17) is 0 Å². The molecule has 0 aromatic carbocycles. The van der Waals surface area contributed by atoms with Crippen molar-refractivity contribution in [3.8, 4) is 0 Å². The monoisotopic (exact) mass is 302 g/mol. The summed E-state index contributed by atoms with van der Waals surface area (Å²) in [6.07, 6.45) is 2.99. The van der Waals surface area contributed by atoms with Gasteiger partial charge >= 0.3 is 0 Å². The number of amides is 1. The summed E-state index contributed by atoms with van der Waals surface area (Å²) >= 11 is 1.64. The molecule has 2 bridgehead atoms. The number of fused-ring (bicyclic) bond motifs is 3. The normalized spacial score (nSPS) is 27.2. The first kappa shape index (κ1) is 13.0. The molecule has 3 atom stereocenters. The minimum atomic E-state index is -0.0462. The number of anilines is 1. The van der Waals surface area contributed by atoms with Crippen molar-refractivity contribution in [3.63, 3.8) is 0 Å². The van der Waals surface area contributed by atoms with Gasteiger partial charge in [-0.2, -0.15) is 0 Å². The lowest BCUT2D eigenvalue weighted by molar-refractivity contribution is 0.0919. The Morgan fingerprint density at radius 3 is 3.05 bits per heavy atom. The maximum Gasteiger partial charge on any atom is 0.270 e. The molecule has 110 valence electrons. The Labute approximate surface area is 127 Å². The fraction of sp³-hybridized carbons (Fsp3) is 0.467. The summed E-state index contributed by atoms with van der Waals surface area (Å²) < 4.78 is 1.09. The molecule has 0 radical (unpaired) electrons. The van der Waals surface area contributed by atoms with E-state index >= 15 is 0 Å². The first-order valence-corrected chi connectivity index (χ1v) is 8.15. The van der Waals surface area contributed by atoms with Crippen LogP contribution in [0.1, 0.15) is 16.9 Å². The lowest BCUT2D eigenvalue weighted by atomic mass is 10.00. The van der Waals surface area contributed by atoms with Crippen molar-refractivity contribution >= 4 is 32.3 Å². The molecule has 5 nitrogen and oxygen atoms in total. The zero-order chi connectivity index (χ0) is 14.4. The predicted octanol–water partition coefficient (Wildman–Crippen LogP) is 1.77. The van der Waals surface area contributed by atoms with Gasteiger partial charge in [-0.15, -0.1) is 11.3 Å². The summed E-state index contributed by atoms with van der Waals surface area (Å²) in [5.74, 6) is 0.574. The minimum absolute atomic E-state index is 0.0462. The van der Waals surface area contributed by atoms with Gasteiger partial charge in [-0.05, 0) is 31.0 Å². The molecule has 1 amide bonds. The quantitative estimate of drug-likeness (QED) is 0.907. The van der Waals surface area contributed by atoms with E-state index in [1.165, 1.54) is 13.0 Å². The molecule has 4 rings (SSSR count). The van der Waals surface area contributed by atoms with Crippen LogP contribution >= 0.6 is 11.3 Å². The highest BCUT2D eigenvalue weighted by Crippen LogP contribution is 2.30. The minimum Gasteiger partial charge on any atom is -0.380 e. The lowest BCUT2D eigenvalue weighted by Crippen LogP contribution is -2.43. The van der Waals surface area contributed by atoms with Crippen LogP contribution in [-0.2, 0) is 0 Å². The van der Waals surface area contributed by atoms with E-state index < -0.39 is 0 Å². The van der Waals surface area contributed by atoms with E-state index in [9.17, 15) is 4.79 Å². The third-order valence-corrected chi connectivity index (χ3v) is 5.65. The number of rotatable bonds is 3. The van der Waals surface area contributed by atoms with Crippen LogP contribution in [0.15, 0.2) is 18.3 Å². The highest BCUT2D eigenvalue weighted by molar-refractivity contribution is 7.22. The van der Waals surface area contributed by atoms with Gasteiger partial charge in [-0.1, -0.05) is 0 Å². The van der Waals surface area contributed by atoms with Crippen molar-refractivity contribution in [2.75, 3.05) is 32.0 Å². The number of hydrogen-bond acceptors (Lipinski definition) is 5. The number of piperidine rings is 1. The van der Waals surface area contributed by atoms with Gasteiger partial charge in [-0.25, -0.2) is 0 Å². The van der Waals surface area contributed by atoms with Crippen molar-refractivity contribution in [2.24, 2.45) is 5.92 Å². The molecule has 2 aliphatic heterocycles. The zero-order valence-electron chi connectivity index (χ0n) is 11.9. The first-order chi connectivity index (χ1) is 10.2. The van der Waals surface area contributed by atoms with Gasteiger partial charge < -0.3 is 15.5 Å². The highest BCUT2D eigenvalue weighted by Gasteiger charge is 2.38. The Morgan fingerprint density at radius 1 is 1.43 bits per heavy atom. The maximum absolute atomic E-state index is 12.4. The van der Waals surface area contributed by atoms with Gasteiger partial charge in [0.2, 0.25) is 0 Å². The van der Waals surface area contributed by atoms with E-state index in [0.717, 1.165) is 28.2 Å². The van der Waals surface area contributed by atoms with Crippen LogP contribution in [0.25, 0.3) is 10.1 Å². The molecule has 2 aliphatic rings. The molecular weight excluding hydrogens is 284 g/mol. The van der Waals surface area contributed by atoms with E-state index in [0.29, 0.717) is 17.7 Å². The SMILES string of the molecule is CNc1cc2cnc(C(=O)NC3CN4CC[C@H]3C4)cc2s1. The molecule has 21 heavy (non-hydrogen) atoms. The Morgan fingerprint density at radius 2 is 2.33 bits per heavy atom. The van der Waals surface area contributed by atoms with Crippen LogP contribution in [0, 0.1) is 5.92 Å². The molecule has 2 aromatic rings. The number of aromatic nitrogens is 1. The van der Waals surface area contributed by atoms with Gasteiger partial charge in [0.05, 0.1) is 5.00 Å². The second-order valence-corrected chi connectivity index (χ2v) is 6.94. The number of nitrogens with zero attached hydrogens (tertiary/aromatic N) is 2. The third kappa shape index (κ3) is 2.28. The average Bonchev–Trinajstić information content (AvgIpc) is 3.20. The Bertz CT molecular complexity index is 698. The Hall–Kier alpha value is -1.66. The second kappa shape index (κ2) is 4.96. The van der Waals surface area contributed by atoms with Gasteiger partial charge in [0.15, 0.2) is 0 Å².